The summed E-state index contributed by atoms with van der Waals surface area (Å²) >= 11 is 1.87. The van der Waals surface area contributed by atoms with Gasteiger partial charge in [0.15, 0.2) is 0 Å². The van der Waals surface area contributed by atoms with Crippen LogP contribution in [0, 0.1) is 13.8 Å². The molecule has 0 bridgehead atoms. The highest BCUT2D eigenvalue weighted by Crippen LogP contribution is 2.16. The van der Waals surface area contributed by atoms with Crippen molar-refractivity contribution in [3.63, 3.8) is 0 Å². The fourth-order valence-electron chi connectivity index (χ4n) is 1.74. The third kappa shape index (κ3) is 5.01. The maximum absolute atomic E-state index is 5.86. The summed E-state index contributed by atoms with van der Waals surface area (Å²) in [5.41, 5.74) is 9.90. The van der Waals surface area contributed by atoms with Gasteiger partial charge in [-0.1, -0.05) is 29.3 Å². The maximum Gasteiger partial charge on any atom is 0.0621 e. The average molecular weight is 239 g/mol. The van der Waals surface area contributed by atoms with E-state index in [-0.39, 0.29) is 6.04 Å². The summed E-state index contributed by atoms with van der Waals surface area (Å²) in [6.45, 7) is 4.91. The summed E-state index contributed by atoms with van der Waals surface area (Å²) < 4.78 is 5.01. The van der Waals surface area contributed by atoms with Gasteiger partial charge >= 0.3 is 0 Å². The zero-order chi connectivity index (χ0) is 12.0. The SMILES string of the molecule is COCC(N)CSCc1cc(C)cc(C)c1. The number of hydrogen-bond donors (Lipinski definition) is 1. The predicted molar refractivity (Wildman–Crippen MR) is 71.9 cm³/mol. The Hall–Kier alpha value is -0.510. The second kappa shape index (κ2) is 6.94. The molecule has 3 heteroatoms. The largest absolute Gasteiger partial charge is 0.383 e. The van der Waals surface area contributed by atoms with Crippen molar-refractivity contribution in [3.8, 4) is 0 Å². The highest BCUT2D eigenvalue weighted by Gasteiger charge is 2.02. The number of nitrogens with two attached hydrogens (primary N) is 1. The van der Waals surface area contributed by atoms with Crippen molar-refractivity contribution in [1.29, 1.82) is 0 Å². The minimum Gasteiger partial charge on any atom is -0.383 e. The predicted octanol–water partition coefficient (Wildman–Crippen LogP) is 2.51. The van der Waals surface area contributed by atoms with Crippen molar-refractivity contribution in [3.05, 3.63) is 34.9 Å². The van der Waals surface area contributed by atoms with E-state index >= 15 is 0 Å². The van der Waals surface area contributed by atoms with Gasteiger partial charge in [0, 0.05) is 24.7 Å². The van der Waals surface area contributed by atoms with Gasteiger partial charge in [-0.15, -0.1) is 0 Å². The van der Waals surface area contributed by atoms with Crippen LogP contribution in [-0.4, -0.2) is 25.5 Å². The van der Waals surface area contributed by atoms with Crippen molar-refractivity contribution in [1.82, 2.24) is 0 Å². The van der Waals surface area contributed by atoms with Crippen LogP contribution in [0.15, 0.2) is 18.2 Å². The van der Waals surface area contributed by atoms with E-state index in [1.165, 1.54) is 16.7 Å². The summed E-state index contributed by atoms with van der Waals surface area (Å²) in [6, 6.07) is 6.81. The smallest absolute Gasteiger partial charge is 0.0621 e. The molecule has 1 rings (SSSR count). The van der Waals surface area contributed by atoms with E-state index in [0.29, 0.717) is 6.61 Å². The van der Waals surface area contributed by atoms with E-state index in [1.54, 1.807) is 7.11 Å². The van der Waals surface area contributed by atoms with Gasteiger partial charge in [0.05, 0.1) is 6.61 Å². The third-order valence-corrected chi connectivity index (χ3v) is 3.46. The molecule has 2 nitrogen and oxygen atoms in total. The molecule has 1 unspecified atom stereocenters. The quantitative estimate of drug-likeness (QED) is 0.828. The zero-order valence-electron chi connectivity index (χ0n) is 10.3. The number of methoxy groups -OCH3 is 1. The zero-order valence-corrected chi connectivity index (χ0v) is 11.1. The van der Waals surface area contributed by atoms with Crippen molar-refractivity contribution in [2.24, 2.45) is 5.73 Å². The summed E-state index contributed by atoms with van der Waals surface area (Å²) in [4.78, 5) is 0. The molecule has 0 aliphatic heterocycles. The normalized spacial score (nSPS) is 12.8. The Labute approximate surface area is 103 Å². The molecule has 0 aliphatic rings. The Morgan fingerprint density at radius 1 is 1.25 bits per heavy atom. The molecule has 0 fully saturated rings. The minimum atomic E-state index is 0.140. The first-order chi connectivity index (χ1) is 7.61. The molecule has 0 radical (unpaired) electrons. The standard InChI is InChI=1S/C13H21NOS/c1-10-4-11(2)6-12(5-10)8-16-9-13(14)7-15-3/h4-6,13H,7-9,14H2,1-3H3. The lowest BCUT2D eigenvalue weighted by Crippen LogP contribution is -2.28. The number of aryl methyl sites for hydroxylation is 2. The molecule has 1 aromatic rings. The van der Waals surface area contributed by atoms with Crippen LogP contribution in [-0.2, 0) is 10.5 Å². The fourth-order valence-corrected chi connectivity index (χ4v) is 2.66. The van der Waals surface area contributed by atoms with Crippen LogP contribution < -0.4 is 5.73 Å². The average Bonchev–Trinajstić information content (AvgIpc) is 2.16. The van der Waals surface area contributed by atoms with Crippen LogP contribution in [0.3, 0.4) is 0 Å². The topological polar surface area (TPSA) is 35.2 Å². The van der Waals surface area contributed by atoms with Gasteiger partial charge in [0.25, 0.3) is 0 Å². The van der Waals surface area contributed by atoms with Gasteiger partial charge in [-0.05, 0) is 19.4 Å². The Balaban J connectivity index is 2.37. The number of benzene rings is 1. The van der Waals surface area contributed by atoms with Gasteiger partial charge in [0.1, 0.15) is 0 Å². The number of hydrogen-bond acceptors (Lipinski definition) is 3. The lowest BCUT2D eigenvalue weighted by Gasteiger charge is -2.10. The number of thioether (sulfide) groups is 1. The molecule has 0 saturated heterocycles. The first-order valence-corrected chi connectivity index (χ1v) is 6.66. The second-order valence-electron chi connectivity index (χ2n) is 4.23. The van der Waals surface area contributed by atoms with Crippen molar-refractivity contribution in [2.45, 2.75) is 25.6 Å². The Morgan fingerprint density at radius 2 is 1.88 bits per heavy atom. The van der Waals surface area contributed by atoms with Crippen LogP contribution in [0.5, 0.6) is 0 Å². The molecule has 0 heterocycles. The van der Waals surface area contributed by atoms with E-state index in [9.17, 15) is 0 Å². The molecule has 0 spiro atoms. The highest BCUT2D eigenvalue weighted by atomic mass is 32.2. The van der Waals surface area contributed by atoms with Crippen LogP contribution >= 0.6 is 11.8 Å². The highest BCUT2D eigenvalue weighted by molar-refractivity contribution is 7.98. The van der Waals surface area contributed by atoms with Gasteiger partial charge in [-0.3, -0.25) is 0 Å². The first-order valence-electron chi connectivity index (χ1n) is 5.51. The van der Waals surface area contributed by atoms with E-state index < -0.39 is 0 Å². The summed E-state index contributed by atoms with van der Waals surface area (Å²) in [6.07, 6.45) is 0. The fraction of sp³-hybridized carbons (Fsp3) is 0.538. The van der Waals surface area contributed by atoms with Crippen LogP contribution in [0.25, 0.3) is 0 Å². The molecule has 0 saturated carbocycles. The minimum absolute atomic E-state index is 0.140. The molecule has 0 aliphatic carbocycles. The van der Waals surface area contributed by atoms with Crippen molar-refractivity contribution < 1.29 is 4.74 Å². The molecule has 2 N–H and O–H groups in total. The Kier molecular flexibility index (Phi) is 5.88. The van der Waals surface area contributed by atoms with Crippen molar-refractivity contribution in [2.75, 3.05) is 19.5 Å². The molecule has 16 heavy (non-hydrogen) atoms. The first kappa shape index (κ1) is 13.6. The van der Waals surface area contributed by atoms with E-state index in [0.717, 1.165) is 11.5 Å². The molecule has 90 valence electrons. The van der Waals surface area contributed by atoms with Crippen LogP contribution in [0.4, 0.5) is 0 Å². The molecular formula is C13H21NOS. The number of ether oxygens (including phenoxy) is 1. The summed E-state index contributed by atoms with van der Waals surface area (Å²) in [5, 5.41) is 0. The van der Waals surface area contributed by atoms with Gasteiger partial charge in [-0.25, -0.2) is 0 Å². The van der Waals surface area contributed by atoms with Gasteiger partial charge in [0.2, 0.25) is 0 Å². The van der Waals surface area contributed by atoms with Crippen LogP contribution in [0.2, 0.25) is 0 Å². The molecule has 1 aromatic carbocycles. The van der Waals surface area contributed by atoms with Crippen LogP contribution in [0.1, 0.15) is 16.7 Å². The van der Waals surface area contributed by atoms with Gasteiger partial charge in [-0.2, -0.15) is 11.8 Å². The maximum atomic E-state index is 5.86. The Bertz CT molecular complexity index is 307. The lowest BCUT2D eigenvalue weighted by molar-refractivity contribution is 0.186. The van der Waals surface area contributed by atoms with E-state index in [1.807, 2.05) is 11.8 Å². The summed E-state index contributed by atoms with van der Waals surface area (Å²) in [7, 11) is 1.69. The Morgan fingerprint density at radius 3 is 2.44 bits per heavy atom. The molecule has 0 amide bonds. The van der Waals surface area contributed by atoms with Gasteiger partial charge < -0.3 is 10.5 Å². The molecule has 1 atom stereocenters. The van der Waals surface area contributed by atoms with E-state index in [4.69, 9.17) is 10.5 Å². The molecule has 0 aromatic heterocycles. The van der Waals surface area contributed by atoms with Crippen molar-refractivity contribution >= 4 is 11.8 Å². The third-order valence-electron chi connectivity index (χ3n) is 2.26. The second-order valence-corrected chi connectivity index (χ2v) is 5.26. The lowest BCUT2D eigenvalue weighted by atomic mass is 10.1. The molecular weight excluding hydrogens is 218 g/mol. The van der Waals surface area contributed by atoms with E-state index in [2.05, 4.69) is 32.0 Å². The number of rotatable bonds is 6. The monoisotopic (exact) mass is 239 g/mol. The summed E-state index contributed by atoms with van der Waals surface area (Å²) in [5.74, 6) is 1.97.